The quantitative estimate of drug-likeness (QED) is 0.720. The van der Waals surface area contributed by atoms with Crippen LogP contribution >= 0.6 is 35.6 Å². The van der Waals surface area contributed by atoms with E-state index in [1.54, 1.807) is 0 Å². The van der Waals surface area contributed by atoms with Gasteiger partial charge in [0, 0.05) is 18.2 Å². The number of rotatable bonds is 3. The van der Waals surface area contributed by atoms with Crippen molar-refractivity contribution in [1.82, 2.24) is 0 Å². The molecule has 4 nitrogen and oxygen atoms in total. The minimum atomic E-state index is -0.180. The van der Waals surface area contributed by atoms with Gasteiger partial charge in [0.15, 0.2) is 5.75 Å². The van der Waals surface area contributed by atoms with Crippen LogP contribution in [0.3, 0.4) is 0 Å². The summed E-state index contributed by atoms with van der Waals surface area (Å²) in [5, 5.41) is 12.4. The van der Waals surface area contributed by atoms with Crippen LogP contribution in [0.5, 0.6) is 5.75 Å². The summed E-state index contributed by atoms with van der Waals surface area (Å²) in [6, 6.07) is 3.05. The number of nitrogens with two attached hydrogens (primary N) is 1. The van der Waals surface area contributed by atoms with Crippen molar-refractivity contribution in [2.75, 3.05) is 5.32 Å². The summed E-state index contributed by atoms with van der Waals surface area (Å²) in [6.07, 6.45) is 4.64. The number of carbonyl (C=O) groups is 1. The minimum absolute atomic E-state index is 0. The molecule has 118 valence electrons. The second kappa shape index (κ2) is 8.08. The van der Waals surface area contributed by atoms with Gasteiger partial charge in [0.05, 0.1) is 10.0 Å². The van der Waals surface area contributed by atoms with Gasteiger partial charge in [-0.1, -0.05) is 36.0 Å². The van der Waals surface area contributed by atoms with Gasteiger partial charge in [0.25, 0.3) is 0 Å². The van der Waals surface area contributed by atoms with E-state index in [4.69, 9.17) is 28.9 Å². The largest absolute Gasteiger partial charge is 0.505 e. The molecule has 1 aromatic carbocycles. The molecule has 0 aromatic heterocycles. The van der Waals surface area contributed by atoms with Crippen molar-refractivity contribution in [3.63, 3.8) is 0 Å². The van der Waals surface area contributed by atoms with Crippen molar-refractivity contribution in [3.05, 3.63) is 22.2 Å². The van der Waals surface area contributed by atoms with Crippen molar-refractivity contribution in [3.8, 4) is 5.75 Å². The Hall–Kier alpha value is -0.680. The molecule has 0 bridgehead atoms. The van der Waals surface area contributed by atoms with Gasteiger partial charge in [-0.15, -0.1) is 12.4 Å². The smallest absolute Gasteiger partial charge is 0.224 e. The van der Waals surface area contributed by atoms with Crippen LogP contribution in [0.2, 0.25) is 10.0 Å². The van der Waals surface area contributed by atoms with E-state index in [-0.39, 0.29) is 46.1 Å². The number of anilines is 1. The van der Waals surface area contributed by atoms with Crippen LogP contribution in [0, 0.1) is 5.92 Å². The number of phenols is 1. The van der Waals surface area contributed by atoms with E-state index >= 15 is 0 Å². The number of carbonyl (C=O) groups excluding carboxylic acids is 1. The average Bonchev–Trinajstić information content (AvgIpc) is 2.38. The Kier molecular flexibility index (Phi) is 7.07. The zero-order valence-electron chi connectivity index (χ0n) is 11.4. The molecule has 21 heavy (non-hydrogen) atoms. The molecule has 0 heterocycles. The number of amides is 1. The Labute approximate surface area is 140 Å². The number of benzene rings is 1. The van der Waals surface area contributed by atoms with Crippen molar-refractivity contribution in [1.29, 1.82) is 0 Å². The van der Waals surface area contributed by atoms with Crippen molar-refractivity contribution in [2.45, 2.75) is 38.1 Å². The lowest BCUT2D eigenvalue weighted by molar-refractivity contribution is -0.117. The van der Waals surface area contributed by atoms with Gasteiger partial charge in [0.2, 0.25) is 5.91 Å². The summed E-state index contributed by atoms with van der Waals surface area (Å²) in [7, 11) is 0. The zero-order chi connectivity index (χ0) is 14.7. The van der Waals surface area contributed by atoms with Crippen molar-refractivity contribution in [2.24, 2.45) is 11.7 Å². The molecule has 1 saturated carbocycles. The van der Waals surface area contributed by atoms with E-state index in [1.807, 2.05) is 0 Å². The fraction of sp³-hybridized carbons (Fsp3) is 0.500. The van der Waals surface area contributed by atoms with Crippen LogP contribution in [-0.4, -0.2) is 17.1 Å². The van der Waals surface area contributed by atoms with Crippen LogP contribution in [0.25, 0.3) is 0 Å². The first-order valence-corrected chi connectivity index (χ1v) is 7.46. The topological polar surface area (TPSA) is 75.4 Å². The standard InChI is InChI=1S/C14H18Cl2N2O2.ClH/c15-10-6-9(7-11(16)14(10)20)18-13(19)5-8-3-1-2-4-12(8)17;/h6-8,12,20H,1-5,17H2,(H,18,19);1H. The molecular formula is C14H19Cl3N2O2. The third-order valence-corrected chi connectivity index (χ3v) is 4.29. The third kappa shape index (κ3) is 4.92. The third-order valence-electron chi connectivity index (χ3n) is 3.72. The normalized spacial score (nSPS) is 21.5. The van der Waals surface area contributed by atoms with Gasteiger partial charge in [-0.2, -0.15) is 0 Å². The predicted molar refractivity (Wildman–Crippen MR) is 88.6 cm³/mol. The van der Waals surface area contributed by atoms with Crippen LogP contribution in [0.4, 0.5) is 5.69 Å². The molecule has 2 rings (SSSR count). The average molecular weight is 354 g/mol. The van der Waals surface area contributed by atoms with E-state index in [0.29, 0.717) is 12.1 Å². The van der Waals surface area contributed by atoms with Crippen LogP contribution in [0.1, 0.15) is 32.1 Å². The molecule has 4 N–H and O–H groups in total. The van der Waals surface area contributed by atoms with Crippen molar-refractivity contribution >= 4 is 47.2 Å². The highest BCUT2D eigenvalue weighted by atomic mass is 35.5. The zero-order valence-corrected chi connectivity index (χ0v) is 13.8. The molecule has 1 aliphatic rings. The van der Waals surface area contributed by atoms with Gasteiger partial charge in [0.1, 0.15) is 0 Å². The van der Waals surface area contributed by atoms with Gasteiger partial charge >= 0.3 is 0 Å². The molecule has 0 saturated heterocycles. The summed E-state index contributed by atoms with van der Waals surface area (Å²) in [4.78, 5) is 12.0. The monoisotopic (exact) mass is 352 g/mol. The molecule has 1 amide bonds. The summed E-state index contributed by atoms with van der Waals surface area (Å²) in [6.45, 7) is 0. The lowest BCUT2D eigenvalue weighted by Gasteiger charge is -2.27. The van der Waals surface area contributed by atoms with Crippen LogP contribution in [-0.2, 0) is 4.79 Å². The summed E-state index contributed by atoms with van der Waals surface area (Å²) in [5.41, 5.74) is 6.51. The molecule has 0 spiro atoms. The van der Waals surface area contributed by atoms with E-state index in [9.17, 15) is 9.90 Å². The highest BCUT2D eigenvalue weighted by Gasteiger charge is 2.24. The highest BCUT2D eigenvalue weighted by molar-refractivity contribution is 6.37. The molecule has 0 aliphatic heterocycles. The SMILES string of the molecule is Cl.NC1CCCCC1CC(=O)Nc1cc(Cl)c(O)c(Cl)c1. The first kappa shape index (κ1) is 18.4. The molecule has 0 radical (unpaired) electrons. The van der Waals surface area contributed by atoms with Crippen LogP contribution < -0.4 is 11.1 Å². The van der Waals surface area contributed by atoms with Gasteiger partial charge in [-0.05, 0) is 30.9 Å². The van der Waals surface area contributed by atoms with E-state index in [1.165, 1.54) is 12.1 Å². The molecule has 1 aliphatic carbocycles. The maximum atomic E-state index is 12.0. The molecule has 1 fully saturated rings. The summed E-state index contributed by atoms with van der Waals surface area (Å²) < 4.78 is 0. The Morgan fingerprint density at radius 2 is 1.86 bits per heavy atom. The maximum absolute atomic E-state index is 12.0. The van der Waals surface area contributed by atoms with E-state index in [0.717, 1.165) is 25.7 Å². The van der Waals surface area contributed by atoms with Gasteiger partial charge in [-0.25, -0.2) is 0 Å². The second-order valence-corrected chi connectivity index (χ2v) is 6.06. The fourth-order valence-corrected chi connectivity index (χ4v) is 3.06. The maximum Gasteiger partial charge on any atom is 0.224 e. The summed E-state index contributed by atoms with van der Waals surface area (Å²) >= 11 is 11.6. The Bertz CT molecular complexity index is 488. The number of nitrogens with one attached hydrogen (secondary N) is 1. The molecule has 1 aromatic rings. The van der Waals surface area contributed by atoms with Crippen molar-refractivity contribution < 1.29 is 9.90 Å². The first-order valence-electron chi connectivity index (χ1n) is 6.71. The van der Waals surface area contributed by atoms with E-state index < -0.39 is 0 Å². The lowest BCUT2D eigenvalue weighted by Crippen LogP contribution is -2.35. The Balaban J connectivity index is 0.00000220. The highest BCUT2D eigenvalue weighted by Crippen LogP contribution is 2.35. The van der Waals surface area contributed by atoms with Crippen LogP contribution in [0.15, 0.2) is 12.1 Å². The number of aromatic hydroxyl groups is 1. The minimum Gasteiger partial charge on any atom is -0.505 e. The summed E-state index contributed by atoms with van der Waals surface area (Å²) in [5.74, 6) is -0.0578. The fourth-order valence-electron chi connectivity index (χ4n) is 2.58. The Morgan fingerprint density at radius 3 is 2.43 bits per heavy atom. The second-order valence-electron chi connectivity index (χ2n) is 5.25. The van der Waals surface area contributed by atoms with Gasteiger partial charge in [-0.3, -0.25) is 4.79 Å². The molecule has 2 atom stereocenters. The molecular weight excluding hydrogens is 335 g/mol. The molecule has 2 unspecified atom stereocenters. The predicted octanol–water partition coefficient (Wildman–Crippen LogP) is 3.97. The van der Waals surface area contributed by atoms with E-state index in [2.05, 4.69) is 5.32 Å². The number of phenolic OH excluding ortho intramolecular Hbond substituents is 1. The Morgan fingerprint density at radius 1 is 1.29 bits per heavy atom. The number of halogens is 3. The first-order chi connectivity index (χ1) is 9.47. The number of hydrogen-bond donors (Lipinski definition) is 3. The lowest BCUT2D eigenvalue weighted by atomic mass is 9.83. The van der Waals surface area contributed by atoms with Gasteiger partial charge < -0.3 is 16.2 Å². The molecule has 7 heteroatoms. The number of hydrogen-bond acceptors (Lipinski definition) is 3.